The van der Waals surface area contributed by atoms with Crippen molar-refractivity contribution in [3.05, 3.63) is 0 Å². The molecule has 2 aliphatic rings. The highest BCUT2D eigenvalue weighted by Crippen LogP contribution is 2.92. The van der Waals surface area contributed by atoms with E-state index >= 15 is 0 Å². The molecule has 24 heteroatoms. The van der Waals surface area contributed by atoms with Crippen LogP contribution in [0.1, 0.15) is 0 Å². The molecular weight excluding hydrogens is 612 g/mol. The van der Waals surface area contributed by atoms with Crippen molar-refractivity contribution in [1.82, 2.24) is 0 Å². The zero-order valence-corrected chi connectivity index (χ0v) is 15.6. The smallest absolute Gasteiger partial charge is 0.225 e. The van der Waals surface area contributed by atoms with Gasteiger partial charge in [-0.25, -0.2) is 17.6 Å². The Balaban J connectivity index is 3.80. The molecule has 0 saturated heterocycles. The molecule has 2 rings (SSSR count). The molecule has 0 radical (unpaired) electrons. The van der Waals surface area contributed by atoms with Gasteiger partial charge in [-0.15, -0.1) is 0 Å². The van der Waals surface area contributed by atoms with E-state index in [1.165, 1.54) is 0 Å². The maximum absolute atomic E-state index is 14.9. The molecule has 3 atom stereocenters. The Kier molecular flexibility index (Phi) is 5.58. The van der Waals surface area contributed by atoms with Crippen molar-refractivity contribution in [1.29, 1.82) is 0 Å². The van der Waals surface area contributed by atoms with Crippen molar-refractivity contribution in [2.45, 2.75) is 65.7 Å². The summed E-state index contributed by atoms with van der Waals surface area (Å²) in [6.07, 6.45) is -37.9. The lowest BCUT2D eigenvalue weighted by Crippen LogP contribution is -3.03. The van der Waals surface area contributed by atoms with Gasteiger partial charge in [-0.05, 0) is 0 Å². The fourth-order valence-corrected chi connectivity index (χ4v) is 4.83. The molecule has 0 aliphatic heterocycles. The quantitative estimate of drug-likeness (QED) is 0.245. The van der Waals surface area contributed by atoms with Gasteiger partial charge >= 0.3 is 60.0 Å². The average Bonchev–Trinajstić information content (AvgIpc) is 2.57. The second-order valence-corrected chi connectivity index (χ2v) is 7.68. The first-order valence-corrected chi connectivity index (χ1v) is 8.04. The van der Waals surface area contributed by atoms with Gasteiger partial charge in [0, 0.05) is 0 Å². The van der Waals surface area contributed by atoms with Crippen molar-refractivity contribution >= 4 is 0 Å². The van der Waals surface area contributed by atoms with Gasteiger partial charge in [0.1, 0.15) is 0 Å². The number of hydrogen-bond acceptors (Lipinski definition) is 0. The fraction of sp³-hybridized carbons (Fsp3) is 1.00. The molecule has 0 nitrogen and oxygen atoms in total. The standard InChI is InChI=1S/C13F24/c14-3(13(35,36)37)1(10(26,27)28,11(29,30)31)2(12(32,33)34)5(16,17)4(15,7(3,20)21)8(22,23)9(24,25)6(2,18)19. The SMILES string of the molecule is FC(F)(F)C1(F)C(F)(F)C2(F)C(F)(F)C(F)(F)C(F)(F)C(C(F)(F)F)(C2(F)F)C1(C(F)(F)F)C(F)(F)F. The Morgan fingerprint density at radius 3 is 0.865 bits per heavy atom. The Bertz CT molecular complexity index is 939. The van der Waals surface area contributed by atoms with Crippen LogP contribution in [0, 0.1) is 10.8 Å². The van der Waals surface area contributed by atoms with Crippen LogP contribution in [0.4, 0.5) is 105 Å². The molecule has 2 saturated carbocycles. The van der Waals surface area contributed by atoms with Crippen LogP contribution in [0.3, 0.4) is 0 Å². The first-order chi connectivity index (χ1) is 15.5. The number of hydrogen-bond donors (Lipinski definition) is 0. The maximum Gasteiger partial charge on any atom is 0.430 e. The largest absolute Gasteiger partial charge is 0.430 e. The molecule has 37 heavy (non-hydrogen) atoms. The highest BCUT2D eigenvalue weighted by atomic mass is 19.4. The van der Waals surface area contributed by atoms with E-state index in [9.17, 15) is 105 Å². The summed E-state index contributed by atoms with van der Waals surface area (Å²) in [5, 5.41) is 0. The van der Waals surface area contributed by atoms with Gasteiger partial charge in [0.25, 0.3) is 5.67 Å². The third-order valence-corrected chi connectivity index (χ3v) is 6.21. The average molecular weight is 612 g/mol. The Morgan fingerprint density at radius 1 is 0.297 bits per heavy atom. The van der Waals surface area contributed by atoms with Gasteiger partial charge in [-0.1, -0.05) is 0 Å². The van der Waals surface area contributed by atoms with Crippen LogP contribution >= 0.6 is 0 Å². The molecule has 0 heterocycles. The molecule has 0 aromatic rings. The predicted molar refractivity (Wildman–Crippen MR) is 61.5 cm³/mol. The topological polar surface area (TPSA) is 0 Å². The van der Waals surface area contributed by atoms with Gasteiger partial charge in [-0.3, -0.25) is 0 Å². The monoisotopic (exact) mass is 612 g/mol. The second-order valence-electron chi connectivity index (χ2n) is 7.68. The third-order valence-electron chi connectivity index (χ3n) is 6.21. The summed E-state index contributed by atoms with van der Waals surface area (Å²) in [6.45, 7) is 0. The Hall–Kier alpha value is -1.68. The lowest BCUT2D eigenvalue weighted by Gasteiger charge is -2.71. The normalized spacial score (nSPS) is 38.3. The summed E-state index contributed by atoms with van der Waals surface area (Å²) >= 11 is 0. The molecular formula is C13F24. The van der Waals surface area contributed by atoms with E-state index in [2.05, 4.69) is 0 Å². The minimum atomic E-state index is -10.2. The van der Waals surface area contributed by atoms with E-state index in [0.29, 0.717) is 0 Å². The van der Waals surface area contributed by atoms with E-state index < -0.39 is 76.5 Å². The van der Waals surface area contributed by atoms with E-state index in [-0.39, 0.29) is 0 Å². The molecule has 2 fully saturated rings. The number of halogens is 24. The molecule has 0 N–H and O–H groups in total. The van der Waals surface area contributed by atoms with E-state index in [1.54, 1.807) is 0 Å². The number of alkyl halides is 24. The minimum Gasteiger partial charge on any atom is -0.225 e. The molecule has 0 aromatic carbocycles. The first-order valence-electron chi connectivity index (χ1n) is 8.04. The lowest BCUT2D eigenvalue weighted by molar-refractivity contribution is -0.630. The van der Waals surface area contributed by atoms with Gasteiger partial charge in [-0.2, -0.15) is 87.8 Å². The molecule has 0 spiro atoms. The number of rotatable bonds is 0. The van der Waals surface area contributed by atoms with Gasteiger partial charge in [0.2, 0.25) is 10.8 Å². The van der Waals surface area contributed by atoms with Crippen LogP contribution in [-0.4, -0.2) is 65.7 Å². The van der Waals surface area contributed by atoms with Crippen LogP contribution in [0.25, 0.3) is 0 Å². The first kappa shape index (κ1) is 31.5. The van der Waals surface area contributed by atoms with Crippen LogP contribution in [0.2, 0.25) is 0 Å². The van der Waals surface area contributed by atoms with Crippen LogP contribution in [-0.2, 0) is 0 Å². The van der Waals surface area contributed by atoms with Crippen molar-refractivity contribution < 1.29 is 105 Å². The Morgan fingerprint density at radius 2 is 0.622 bits per heavy atom. The van der Waals surface area contributed by atoms with Gasteiger partial charge in [0.15, 0.2) is 0 Å². The van der Waals surface area contributed by atoms with Crippen LogP contribution in [0.15, 0.2) is 0 Å². The molecule has 0 aromatic heterocycles. The van der Waals surface area contributed by atoms with Crippen LogP contribution < -0.4 is 0 Å². The number of fused-ring (bicyclic) bond motifs is 2. The predicted octanol–water partition coefficient (Wildman–Crippen LogP) is 7.83. The summed E-state index contributed by atoms with van der Waals surface area (Å²) in [4.78, 5) is 0. The van der Waals surface area contributed by atoms with E-state index in [0.717, 1.165) is 0 Å². The lowest BCUT2D eigenvalue weighted by atomic mass is 9.36. The van der Waals surface area contributed by atoms with E-state index in [4.69, 9.17) is 0 Å². The Labute approximate surface area is 183 Å². The molecule has 2 bridgehead atoms. The molecule has 2 aliphatic carbocycles. The summed E-state index contributed by atoms with van der Waals surface area (Å²) in [6, 6.07) is 0. The molecule has 3 unspecified atom stereocenters. The highest BCUT2D eigenvalue weighted by molar-refractivity contribution is 5.46. The zero-order chi connectivity index (χ0) is 30.5. The highest BCUT2D eigenvalue weighted by Gasteiger charge is 3.22. The minimum absolute atomic E-state index is 9.13. The summed E-state index contributed by atoms with van der Waals surface area (Å²) in [5.74, 6) is -47.3. The second kappa shape index (κ2) is 6.54. The van der Waals surface area contributed by atoms with Crippen molar-refractivity contribution in [3.8, 4) is 0 Å². The molecule has 0 amide bonds. The van der Waals surface area contributed by atoms with Crippen molar-refractivity contribution in [3.63, 3.8) is 0 Å². The van der Waals surface area contributed by atoms with Crippen molar-refractivity contribution in [2.24, 2.45) is 10.8 Å². The summed E-state index contributed by atoms with van der Waals surface area (Å²) in [7, 11) is 0. The fourth-order valence-electron chi connectivity index (χ4n) is 4.83. The van der Waals surface area contributed by atoms with E-state index in [1.807, 2.05) is 0 Å². The van der Waals surface area contributed by atoms with Crippen LogP contribution in [0.5, 0.6) is 0 Å². The summed E-state index contributed by atoms with van der Waals surface area (Å²) < 4.78 is 333. The van der Waals surface area contributed by atoms with Crippen molar-refractivity contribution in [2.75, 3.05) is 0 Å². The summed E-state index contributed by atoms with van der Waals surface area (Å²) in [5.41, 5.74) is -39.8. The maximum atomic E-state index is 14.9. The molecule has 220 valence electrons. The van der Waals surface area contributed by atoms with Gasteiger partial charge in [0.05, 0.1) is 0 Å². The third kappa shape index (κ3) is 2.32. The van der Waals surface area contributed by atoms with Gasteiger partial charge < -0.3 is 0 Å². The zero-order valence-electron chi connectivity index (χ0n) is 15.6.